The molecular weight excluding hydrogens is 284 g/mol. The lowest BCUT2D eigenvalue weighted by Crippen LogP contribution is -2.38. The maximum atomic E-state index is 11.2. The van der Waals surface area contributed by atoms with Gasteiger partial charge in [0, 0.05) is 19.2 Å². The van der Waals surface area contributed by atoms with Crippen LogP contribution in [0.15, 0.2) is 48.5 Å². The van der Waals surface area contributed by atoms with Crippen LogP contribution in [0.1, 0.15) is 11.7 Å². The summed E-state index contributed by atoms with van der Waals surface area (Å²) in [7, 11) is 0. The van der Waals surface area contributed by atoms with Crippen molar-refractivity contribution in [1.82, 2.24) is 0 Å². The number of aromatic hydroxyl groups is 1. The highest BCUT2D eigenvalue weighted by Crippen LogP contribution is 2.32. The lowest BCUT2D eigenvalue weighted by molar-refractivity contribution is -0.384. The third kappa shape index (κ3) is 2.87. The molecule has 1 saturated heterocycles. The number of hydrogen-bond donors (Lipinski definition) is 1. The maximum absolute atomic E-state index is 11.2. The van der Waals surface area contributed by atoms with Crippen LogP contribution in [-0.4, -0.2) is 29.7 Å². The normalized spacial score (nSPS) is 18.2. The lowest BCUT2D eigenvalue weighted by Gasteiger charge is -2.34. The fourth-order valence-electron chi connectivity index (χ4n) is 2.68. The van der Waals surface area contributed by atoms with Crippen LogP contribution in [0.2, 0.25) is 0 Å². The van der Waals surface area contributed by atoms with Crippen LogP contribution in [0.5, 0.6) is 5.75 Å². The molecule has 1 unspecified atom stereocenters. The third-order valence-electron chi connectivity index (χ3n) is 3.73. The van der Waals surface area contributed by atoms with Gasteiger partial charge in [-0.1, -0.05) is 24.3 Å². The van der Waals surface area contributed by atoms with Crippen LogP contribution in [-0.2, 0) is 4.74 Å². The van der Waals surface area contributed by atoms with E-state index in [0.29, 0.717) is 25.4 Å². The molecule has 22 heavy (non-hydrogen) atoms. The molecule has 1 atom stereocenters. The van der Waals surface area contributed by atoms with Gasteiger partial charge in [0.2, 0.25) is 0 Å². The fourth-order valence-corrected chi connectivity index (χ4v) is 2.68. The summed E-state index contributed by atoms with van der Waals surface area (Å²) in [6.45, 7) is 1.58. The Morgan fingerprint density at radius 2 is 2.05 bits per heavy atom. The van der Waals surface area contributed by atoms with Crippen molar-refractivity contribution in [1.29, 1.82) is 0 Å². The molecule has 0 bridgehead atoms. The molecule has 0 amide bonds. The second kappa shape index (κ2) is 6.03. The second-order valence-electron chi connectivity index (χ2n) is 5.15. The molecule has 0 aromatic heterocycles. The van der Waals surface area contributed by atoms with E-state index >= 15 is 0 Å². The van der Waals surface area contributed by atoms with E-state index in [1.54, 1.807) is 36.4 Å². The molecular formula is C16H16N2O4. The molecule has 2 aromatic rings. The number of nitrogens with zero attached hydrogens (tertiary/aromatic N) is 2. The Kier molecular flexibility index (Phi) is 3.93. The summed E-state index contributed by atoms with van der Waals surface area (Å²) in [5, 5.41) is 20.8. The second-order valence-corrected chi connectivity index (χ2v) is 5.15. The molecule has 3 rings (SSSR count). The van der Waals surface area contributed by atoms with Crippen LogP contribution in [0.4, 0.5) is 11.4 Å². The standard InChI is InChI=1S/C16H16N2O4/c19-13-5-3-4-12(10-13)16-11-17(8-9-22-16)14-6-1-2-7-15(14)18(20)21/h1-7,10,16,19H,8-9,11H2. The maximum Gasteiger partial charge on any atom is 0.292 e. The number of hydrogen-bond acceptors (Lipinski definition) is 5. The number of phenolic OH excluding ortho intramolecular Hbond substituents is 1. The van der Waals surface area contributed by atoms with Crippen molar-refractivity contribution in [2.24, 2.45) is 0 Å². The monoisotopic (exact) mass is 300 g/mol. The number of para-hydroxylation sites is 2. The molecule has 0 radical (unpaired) electrons. The molecule has 6 nitrogen and oxygen atoms in total. The predicted octanol–water partition coefficient (Wildman–Crippen LogP) is 2.88. The summed E-state index contributed by atoms with van der Waals surface area (Å²) < 4.78 is 5.75. The molecule has 6 heteroatoms. The number of ether oxygens (including phenoxy) is 1. The summed E-state index contributed by atoms with van der Waals surface area (Å²) in [4.78, 5) is 12.8. The van der Waals surface area contributed by atoms with E-state index in [0.717, 1.165) is 5.56 Å². The van der Waals surface area contributed by atoms with Crippen LogP contribution in [0.25, 0.3) is 0 Å². The molecule has 1 aliphatic rings. The van der Waals surface area contributed by atoms with Gasteiger partial charge in [-0.25, -0.2) is 0 Å². The van der Waals surface area contributed by atoms with E-state index in [4.69, 9.17) is 4.74 Å². The minimum atomic E-state index is -0.367. The molecule has 1 N–H and O–H groups in total. The Bertz CT molecular complexity index is 689. The van der Waals surface area contributed by atoms with Gasteiger partial charge in [0.1, 0.15) is 17.5 Å². The van der Waals surface area contributed by atoms with Crippen molar-refractivity contribution in [3.63, 3.8) is 0 Å². The summed E-state index contributed by atoms with van der Waals surface area (Å²) in [6.07, 6.45) is -0.222. The predicted molar refractivity (Wildman–Crippen MR) is 82.1 cm³/mol. The van der Waals surface area contributed by atoms with Crippen molar-refractivity contribution in [2.75, 3.05) is 24.6 Å². The summed E-state index contributed by atoms with van der Waals surface area (Å²) in [5.74, 6) is 0.184. The summed E-state index contributed by atoms with van der Waals surface area (Å²) >= 11 is 0. The Hall–Kier alpha value is -2.60. The van der Waals surface area contributed by atoms with Crippen molar-refractivity contribution in [2.45, 2.75) is 6.10 Å². The molecule has 1 fully saturated rings. The zero-order chi connectivity index (χ0) is 15.5. The number of anilines is 1. The zero-order valence-corrected chi connectivity index (χ0v) is 11.9. The average Bonchev–Trinajstić information content (AvgIpc) is 2.55. The van der Waals surface area contributed by atoms with Gasteiger partial charge >= 0.3 is 0 Å². The van der Waals surface area contributed by atoms with Crippen LogP contribution in [0.3, 0.4) is 0 Å². The Balaban J connectivity index is 1.86. The molecule has 114 valence electrons. The first kappa shape index (κ1) is 14.3. The fraction of sp³-hybridized carbons (Fsp3) is 0.250. The summed E-state index contributed by atoms with van der Waals surface area (Å²) in [6, 6.07) is 13.6. The number of rotatable bonds is 3. The molecule has 2 aromatic carbocycles. The number of benzene rings is 2. The molecule has 0 saturated carbocycles. The Morgan fingerprint density at radius 1 is 1.23 bits per heavy atom. The highest BCUT2D eigenvalue weighted by molar-refractivity contribution is 5.63. The largest absolute Gasteiger partial charge is 0.508 e. The van der Waals surface area contributed by atoms with E-state index in [2.05, 4.69) is 0 Å². The van der Waals surface area contributed by atoms with Gasteiger partial charge in [-0.15, -0.1) is 0 Å². The lowest BCUT2D eigenvalue weighted by atomic mass is 10.1. The topological polar surface area (TPSA) is 75.8 Å². The highest BCUT2D eigenvalue weighted by atomic mass is 16.6. The van der Waals surface area contributed by atoms with Gasteiger partial charge < -0.3 is 14.7 Å². The number of nitro groups is 1. The van der Waals surface area contributed by atoms with Crippen molar-refractivity contribution < 1.29 is 14.8 Å². The van der Waals surface area contributed by atoms with Gasteiger partial charge in [0.25, 0.3) is 5.69 Å². The zero-order valence-electron chi connectivity index (χ0n) is 11.9. The van der Waals surface area contributed by atoms with Gasteiger partial charge in [-0.2, -0.15) is 0 Å². The van der Waals surface area contributed by atoms with E-state index in [-0.39, 0.29) is 22.5 Å². The molecule has 0 spiro atoms. The molecule has 1 heterocycles. The highest BCUT2D eigenvalue weighted by Gasteiger charge is 2.26. The number of phenols is 1. The molecule has 1 aliphatic heterocycles. The van der Waals surface area contributed by atoms with E-state index in [1.165, 1.54) is 6.07 Å². The van der Waals surface area contributed by atoms with Gasteiger partial charge in [0.05, 0.1) is 11.5 Å². The van der Waals surface area contributed by atoms with Crippen molar-refractivity contribution in [3.8, 4) is 5.75 Å². The van der Waals surface area contributed by atoms with Crippen LogP contribution in [0, 0.1) is 10.1 Å². The SMILES string of the molecule is O=[N+]([O-])c1ccccc1N1CCOC(c2cccc(O)c2)C1. The first-order valence-corrected chi connectivity index (χ1v) is 7.04. The van der Waals surface area contributed by atoms with Crippen LogP contribution >= 0.6 is 0 Å². The number of nitro benzene ring substituents is 1. The minimum absolute atomic E-state index is 0.0964. The Labute approximate surface area is 127 Å². The van der Waals surface area contributed by atoms with Gasteiger partial charge in [-0.05, 0) is 23.8 Å². The van der Waals surface area contributed by atoms with Crippen molar-refractivity contribution >= 4 is 11.4 Å². The van der Waals surface area contributed by atoms with Gasteiger partial charge in [-0.3, -0.25) is 10.1 Å². The minimum Gasteiger partial charge on any atom is -0.508 e. The number of morpholine rings is 1. The van der Waals surface area contributed by atoms with E-state index in [1.807, 2.05) is 11.0 Å². The van der Waals surface area contributed by atoms with Crippen LogP contribution < -0.4 is 4.90 Å². The smallest absolute Gasteiger partial charge is 0.292 e. The van der Waals surface area contributed by atoms with Crippen molar-refractivity contribution in [3.05, 3.63) is 64.2 Å². The van der Waals surface area contributed by atoms with E-state index in [9.17, 15) is 15.2 Å². The van der Waals surface area contributed by atoms with E-state index < -0.39 is 0 Å². The molecule has 0 aliphatic carbocycles. The quantitative estimate of drug-likeness (QED) is 0.696. The summed E-state index contributed by atoms with van der Waals surface area (Å²) in [5.41, 5.74) is 1.56. The third-order valence-corrected chi connectivity index (χ3v) is 3.73. The first-order valence-electron chi connectivity index (χ1n) is 7.04. The first-order chi connectivity index (χ1) is 10.6. The van der Waals surface area contributed by atoms with Gasteiger partial charge in [0.15, 0.2) is 0 Å². The Morgan fingerprint density at radius 3 is 2.82 bits per heavy atom. The average molecular weight is 300 g/mol.